The van der Waals surface area contributed by atoms with Gasteiger partial charge in [0.15, 0.2) is 0 Å². The van der Waals surface area contributed by atoms with Crippen molar-refractivity contribution in [3.8, 4) is 28.3 Å². The summed E-state index contributed by atoms with van der Waals surface area (Å²) in [7, 11) is 1.65. The first kappa shape index (κ1) is 21.3. The molecule has 4 rings (SSSR count). The van der Waals surface area contributed by atoms with Crippen LogP contribution in [0.25, 0.3) is 22.5 Å². The van der Waals surface area contributed by atoms with Gasteiger partial charge in [-0.25, -0.2) is 0 Å². The fourth-order valence-corrected chi connectivity index (χ4v) is 3.37. The Labute approximate surface area is 186 Å². The molecule has 0 unspecified atom stereocenters. The first-order valence-corrected chi connectivity index (χ1v) is 10.5. The number of nitrogens with zero attached hydrogens (tertiary/aromatic N) is 5. The first-order chi connectivity index (χ1) is 15.5. The number of pyridine rings is 1. The van der Waals surface area contributed by atoms with E-state index in [2.05, 4.69) is 15.4 Å². The zero-order valence-electron chi connectivity index (χ0n) is 18.4. The van der Waals surface area contributed by atoms with Crippen LogP contribution in [-0.2, 0) is 6.54 Å². The minimum atomic E-state index is -0.153. The lowest BCUT2D eigenvalue weighted by molar-refractivity contribution is 0.0952. The normalized spacial score (nSPS) is 11.0. The molecule has 8 nitrogen and oxygen atoms in total. The summed E-state index contributed by atoms with van der Waals surface area (Å²) < 4.78 is 9.05. The minimum Gasteiger partial charge on any atom is -0.497 e. The van der Waals surface area contributed by atoms with E-state index < -0.39 is 0 Å². The lowest BCUT2D eigenvalue weighted by Gasteiger charge is -2.09. The average molecular weight is 431 g/mol. The highest BCUT2D eigenvalue weighted by atomic mass is 16.5. The van der Waals surface area contributed by atoms with Gasteiger partial charge in [-0.1, -0.05) is 12.1 Å². The molecule has 1 aromatic carbocycles. The third-order valence-electron chi connectivity index (χ3n) is 5.10. The van der Waals surface area contributed by atoms with E-state index in [0.717, 1.165) is 28.3 Å². The lowest BCUT2D eigenvalue weighted by Crippen LogP contribution is -2.27. The maximum Gasteiger partial charge on any atom is 0.254 e. The number of aromatic nitrogens is 5. The van der Waals surface area contributed by atoms with Gasteiger partial charge in [-0.05, 0) is 44.2 Å². The second-order valence-corrected chi connectivity index (χ2v) is 7.67. The van der Waals surface area contributed by atoms with Crippen molar-refractivity contribution in [3.05, 3.63) is 72.8 Å². The van der Waals surface area contributed by atoms with Gasteiger partial charge >= 0.3 is 0 Å². The molecule has 0 spiro atoms. The number of methoxy groups -OCH3 is 1. The number of carbonyl (C=O) groups is 1. The van der Waals surface area contributed by atoms with Crippen LogP contribution in [0.15, 0.2) is 67.3 Å². The van der Waals surface area contributed by atoms with E-state index in [9.17, 15) is 4.79 Å². The summed E-state index contributed by atoms with van der Waals surface area (Å²) in [5.74, 6) is 0.619. The van der Waals surface area contributed by atoms with Gasteiger partial charge in [-0.2, -0.15) is 10.2 Å². The third-order valence-corrected chi connectivity index (χ3v) is 5.10. The SMILES string of the molecule is COc1cccc(-c2cc(-c3cccnc3)nn2CCNC(=O)c2cnn(C(C)C)c2)c1. The van der Waals surface area contributed by atoms with Crippen molar-refractivity contribution in [2.45, 2.75) is 26.4 Å². The van der Waals surface area contributed by atoms with E-state index in [1.165, 1.54) is 0 Å². The number of hydrogen-bond donors (Lipinski definition) is 1. The van der Waals surface area contributed by atoms with Crippen LogP contribution in [0.3, 0.4) is 0 Å². The van der Waals surface area contributed by atoms with Crippen LogP contribution in [0.1, 0.15) is 30.2 Å². The van der Waals surface area contributed by atoms with E-state index >= 15 is 0 Å². The maximum absolute atomic E-state index is 12.5. The molecule has 0 bridgehead atoms. The molecule has 8 heteroatoms. The van der Waals surface area contributed by atoms with Crippen LogP contribution in [0.4, 0.5) is 0 Å². The zero-order chi connectivity index (χ0) is 22.5. The highest BCUT2D eigenvalue weighted by molar-refractivity contribution is 5.93. The Bertz CT molecular complexity index is 1200. The highest BCUT2D eigenvalue weighted by Crippen LogP contribution is 2.28. The molecule has 0 atom stereocenters. The number of hydrogen-bond acceptors (Lipinski definition) is 5. The summed E-state index contributed by atoms with van der Waals surface area (Å²) in [4.78, 5) is 16.7. The highest BCUT2D eigenvalue weighted by Gasteiger charge is 2.14. The summed E-state index contributed by atoms with van der Waals surface area (Å²) >= 11 is 0. The van der Waals surface area contributed by atoms with Gasteiger partial charge in [0.25, 0.3) is 5.91 Å². The van der Waals surface area contributed by atoms with Gasteiger partial charge in [0.2, 0.25) is 0 Å². The fraction of sp³-hybridized carbons (Fsp3) is 0.250. The molecular weight excluding hydrogens is 404 g/mol. The molecule has 0 saturated carbocycles. The molecule has 32 heavy (non-hydrogen) atoms. The summed E-state index contributed by atoms with van der Waals surface area (Å²) in [5, 5.41) is 12.0. The Morgan fingerprint density at radius 3 is 2.69 bits per heavy atom. The Hall–Kier alpha value is -3.94. The second-order valence-electron chi connectivity index (χ2n) is 7.67. The molecule has 1 amide bonds. The number of rotatable bonds is 8. The molecule has 3 heterocycles. The van der Waals surface area contributed by atoms with Crippen LogP contribution in [0, 0.1) is 0 Å². The summed E-state index contributed by atoms with van der Waals surface area (Å²) in [5.41, 5.74) is 4.21. The van der Waals surface area contributed by atoms with E-state index in [0.29, 0.717) is 18.7 Å². The van der Waals surface area contributed by atoms with Crippen molar-refractivity contribution in [1.82, 2.24) is 29.9 Å². The standard InChI is InChI=1S/C24H26N6O2/c1-17(2)30-16-20(15-27-30)24(31)26-10-11-29-23(18-6-4-8-21(12-18)32-3)13-22(28-29)19-7-5-9-25-14-19/h4-9,12-17H,10-11H2,1-3H3,(H,26,31). The van der Waals surface area contributed by atoms with Crippen molar-refractivity contribution in [2.24, 2.45) is 0 Å². The fourth-order valence-electron chi connectivity index (χ4n) is 3.37. The van der Waals surface area contributed by atoms with E-state index in [1.807, 2.05) is 61.0 Å². The molecule has 1 N–H and O–H groups in total. The van der Waals surface area contributed by atoms with Gasteiger partial charge < -0.3 is 10.1 Å². The van der Waals surface area contributed by atoms with Crippen molar-refractivity contribution in [3.63, 3.8) is 0 Å². The number of benzene rings is 1. The molecule has 4 aromatic rings. The van der Waals surface area contributed by atoms with Crippen molar-refractivity contribution < 1.29 is 9.53 Å². The Morgan fingerprint density at radius 1 is 1.12 bits per heavy atom. The molecule has 0 saturated heterocycles. The molecule has 3 aromatic heterocycles. The van der Waals surface area contributed by atoms with Crippen LogP contribution >= 0.6 is 0 Å². The third kappa shape index (κ3) is 4.69. The van der Waals surface area contributed by atoms with Crippen LogP contribution < -0.4 is 10.1 Å². The summed E-state index contributed by atoms with van der Waals surface area (Å²) in [6, 6.07) is 13.9. The van der Waals surface area contributed by atoms with Crippen molar-refractivity contribution in [2.75, 3.05) is 13.7 Å². The van der Waals surface area contributed by atoms with Crippen molar-refractivity contribution >= 4 is 5.91 Å². The number of amides is 1. The maximum atomic E-state index is 12.5. The van der Waals surface area contributed by atoms with E-state index in [-0.39, 0.29) is 11.9 Å². The molecule has 0 aliphatic carbocycles. The van der Waals surface area contributed by atoms with Gasteiger partial charge in [0.1, 0.15) is 5.75 Å². The Morgan fingerprint density at radius 2 is 1.97 bits per heavy atom. The van der Waals surface area contributed by atoms with Gasteiger partial charge in [-0.15, -0.1) is 0 Å². The number of ether oxygens (including phenoxy) is 1. The van der Waals surface area contributed by atoms with E-state index in [1.54, 1.807) is 36.6 Å². The molecule has 0 fully saturated rings. The van der Waals surface area contributed by atoms with Crippen LogP contribution in [0.2, 0.25) is 0 Å². The summed E-state index contributed by atoms with van der Waals surface area (Å²) in [6.07, 6.45) is 6.87. The van der Waals surface area contributed by atoms with Crippen LogP contribution in [0.5, 0.6) is 5.75 Å². The predicted octanol–water partition coefficient (Wildman–Crippen LogP) is 3.83. The van der Waals surface area contributed by atoms with Gasteiger partial charge in [0.05, 0.1) is 36.8 Å². The Balaban J connectivity index is 1.55. The molecular formula is C24H26N6O2. The van der Waals surface area contributed by atoms with E-state index in [4.69, 9.17) is 9.84 Å². The van der Waals surface area contributed by atoms with Gasteiger partial charge in [-0.3, -0.25) is 19.1 Å². The predicted molar refractivity (Wildman–Crippen MR) is 122 cm³/mol. The molecule has 0 aliphatic heterocycles. The topological polar surface area (TPSA) is 86.9 Å². The number of nitrogens with one attached hydrogen (secondary N) is 1. The largest absolute Gasteiger partial charge is 0.497 e. The average Bonchev–Trinajstić information content (AvgIpc) is 3.48. The first-order valence-electron chi connectivity index (χ1n) is 10.5. The molecule has 164 valence electrons. The minimum absolute atomic E-state index is 0.153. The van der Waals surface area contributed by atoms with Crippen LogP contribution in [-0.4, -0.2) is 44.1 Å². The summed E-state index contributed by atoms with van der Waals surface area (Å²) in [6.45, 7) is 4.98. The molecule has 0 radical (unpaired) electrons. The smallest absolute Gasteiger partial charge is 0.254 e. The second kappa shape index (κ2) is 9.47. The lowest BCUT2D eigenvalue weighted by atomic mass is 10.1. The van der Waals surface area contributed by atoms with Crippen molar-refractivity contribution in [1.29, 1.82) is 0 Å². The number of carbonyl (C=O) groups excluding carboxylic acids is 1. The zero-order valence-corrected chi connectivity index (χ0v) is 18.4. The van der Waals surface area contributed by atoms with Gasteiger partial charge in [0, 0.05) is 42.3 Å². The monoisotopic (exact) mass is 430 g/mol. The molecule has 0 aliphatic rings. The Kier molecular flexibility index (Phi) is 6.30. The quantitative estimate of drug-likeness (QED) is 0.459.